The molecule has 5 rings (SSSR count). The summed E-state index contributed by atoms with van der Waals surface area (Å²) in [6.45, 7) is 3.79. The number of carbonyl (C=O) groups is 2. The van der Waals surface area contributed by atoms with Crippen LogP contribution < -0.4 is 14.4 Å². The number of amides is 1. The number of hydrogen-bond donors (Lipinski definition) is 1. The fraction of sp³-hybridized carbons (Fsp3) is 0.179. The summed E-state index contributed by atoms with van der Waals surface area (Å²) in [5.41, 5.74) is 3.28. The molecule has 0 radical (unpaired) electrons. The van der Waals surface area contributed by atoms with Crippen LogP contribution in [0.25, 0.3) is 16.0 Å². The lowest BCUT2D eigenvalue weighted by Gasteiger charge is -2.23. The zero-order chi connectivity index (χ0) is 26.4. The molecule has 188 valence electrons. The number of aliphatic hydroxyl groups is 1. The maximum atomic E-state index is 13.5. The molecule has 1 fully saturated rings. The predicted molar refractivity (Wildman–Crippen MR) is 145 cm³/mol. The normalized spacial score (nSPS) is 17.0. The fourth-order valence-electron chi connectivity index (χ4n) is 4.51. The van der Waals surface area contributed by atoms with Gasteiger partial charge in [0, 0.05) is 0 Å². The summed E-state index contributed by atoms with van der Waals surface area (Å²) >= 11 is 7.69. The van der Waals surface area contributed by atoms with Gasteiger partial charge in [-0.3, -0.25) is 14.5 Å². The van der Waals surface area contributed by atoms with Crippen LogP contribution in [0, 0.1) is 13.8 Å². The van der Waals surface area contributed by atoms with Crippen LogP contribution in [-0.4, -0.2) is 36.0 Å². The van der Waals surface area contributed by atoms with E-state index in [9.17, 15) is 14.7 Å². The van der Waals surface area contributed by atoms with Crippen molar-refractivity contribution in [2.24, 2.45) is 0 Å². The summed E-state index contributed by atoms with van der Waals surface area (Å²) < 4.78 is 11.6. The SMILES string of the molecule is COc1ccc(C2/C(=C(\O)c3cc(C)cc(Cl)c3OC)C(=O)C(=O)N2c2nc3ccc(C)cc3s2)cc1. The van der Waals surface area contributed by atoms with Gasteiger partial charge in [0.05, 0.1) is 46.6 Å². The zero-order valence-electron chi connectivity index (χ0n) is 20.5. The first-order valence-corrected chi connectivity index (χ1v) is 12.6. The topological polar surface area (TPSA) is 89.0 Å². The van der Waals surface area contributed by atoms with Crippen molar-refractivity contribution in [1.82, 2.24) is 4.98 Å². The van der Waals surface area contributed by atoms with Crippen molar-refractivity contribution >= 4 is 55.7 Å². The van der Waals surface area contributed by atoms with Crippen molar-refractivity contribution in [2.75, 3.05) is 19.1 Å². The largest absolute Gasteiger partial charge is 0.507 e. The van der Waals surface area contributed by atoms with Crippen molar-refractivity contribution in [1.29, 1.82) is 0 Å². The molecule has 1 aliphatic rings. The number of methoxy groups -OCH3 is 2. The molecule has 0 spiro atoms. The number of Topliss-reactive ketones (excluding diaryl/α,β-unsaturated/α-hetero) is 1. The summed E-state index contributed by atoms with van der Waals surface area (Å²) in [6, 6.07) is 15.2. The highest BCUT2D eigenvalue weighted by Crippen LogP contribution is 2.46. The van der Waals surface area contributed by atoms with Crippen molar-refractivity contribution in [2.45, 2.75) is 19.9 Å². The maximum Gasteiger partial charge on any atom is 0.301 e. The van der Waals surface area contributed by atoms with Gasteiger partial charge in [0.15, 0.2) is 5.13 Å². The minimum absolute atomic E-state index is 0.0782. The van der Waals surface area contributed by atoms with Crippen molar-refractivity contribution in [3.8, 4) is 11.5 Å². The number of halogens is 1. The van der Waals surface area contributed by atoms with E-state index in [1.807, 2.05) is 32.0 Å². The summed E-state index contributed by atoms with van der Waals surface area (Å²) in [7, 11) is 2.98. The van der Waals surface area contributed by atoms with Gasteiger partial charge in [-0.25, -0.2) is 4.98 Å². The third-order valence-electron chi connectivity index (χ3n) is 6.26. The fourth-order valence-corrected chi connectivity index (χ4v) is 5.95. The van der Waals surface area contributed by atoms with Gasteiger partial charge in [-0.05, 0) is 66.9 Å². The van der Waals surface area contributed by atoms with Crippen molar-refractivity contribution in [3.63, 3.8) is 0 Å². The Kier molecular flexibility index (Phi) is 6.39. The Morgan fingerprint density at radius 2 is 1.73 bits per heavy atom. The number of benzene rings is 3. The van der Waals surface area contributed by atoms with Crippen LogP contribution in [0.3, 0.4) is 0 Å². The first-order chi connectivity index (χ1) is 17.7. The summed E-state index contributed by atoms with van der Waals surface area (Å²) in [5, 5.41) is 12.2. The highest BCUT2D eigenvalue weighted by molar-refractivity contribution is 7.22. The minimum Gasteiger partial charge on any atom is -0.507 e. The molecule has 37 heavy (non-hydrogen) atoms. The third-order valence-corrected chi connectivity index (χ3v) is 7.56. The number of ether oxygens (including phenoxy) is 2. The molecule has 0 saturated carbocycles. The Morgan fingerprint density at radius 1 is 1.00 bits per heavy atom. The molecule has 3 aromatic carbocycles. The van der Waals surface area contributed by atoms with E-state index in [2.05, 4.69) is 4.98 Å². The standard InChI is InChI=1S/C28H23ClN2O5S/c1-14-5-10-20-21(13-14)37-28(30-20)31-23(16-6-8-17(35-3)9-7-16)22(25(33)27(31)34)24(32)18-11-15(2)12-19(29)26(18)36-4/h5-13,23,32H,1-4H3/b24-22+. The Bertz CT molecular complexity index is 1590. The van der Waals surface area contributed by atoms with Gasteiger partial charge in [-0.1, -0.05) is 41.1 Å². The number of aromatic nitrogens is 1. The first-order valence-electron chi connectivity index (χ1n) is 11.4. The monoisotopic (exact) mass is 534 g/mol. The Labute approximate surface area is 222 Å². The van der Waals surface area contributed by atoms with E-state index in [4.69, 9.17) is 21.1 Å². The predicted octanol–water partition coefficient (Wildman–Crippen LogP) is 6.21. The number of thiazole rings is 1. The molecule has 1 unspecified atom stereocenters. The van der Waals surface area contributed by atoms with E-state index in [-0.39, 0.29) is 27.7 Å². The highest BCUT2D eigenvalue weighted by Gasteiger charge is 2.48. The van der Waals surface area contributed by atoms with E-state index in [1.54, 1.807) is 43.5 Å². The van der Waals surface area contributed by atoms with Crippen LogP contribution in [0.4, 0.5) is 5.13 Å². The molecule has 9 heteroatoms. The molecule has 4 aromatic rings. The molecule has 7 nitrogen and oxygen atoms in total. The lowest BCUT2D eigenvalue weighted by molar-refractivity contribution is -0.132. The second kappa shape index (κ2) is 9.53. The number of fused-ring (bicyclic) bond motifs is 1. The quantitative estimate of drug-likeness (QED) is 0.186. The van der Waals surface area contributed by atoms with Gasteiger partial charge in [0.1, 0.15) is 17.3 Å². The van der Waals surface area contributed by atoms with Gasteiger partial charge in [-0.15, -0.1) is 0 Å². The number of aryl methyl sites for hydroxylation is 2. The van der Waals surface area contributed by atoms with E-state index < -0.39 is 17.7 Å². The van der Waals surface area contributed by atoms with Crippen LogP contribution in [0.15, 0.2) is 60.2 Å². The molecule has 1 saturated heterocycles. The molecule has 1 aliphatic heterocycles. The molecular formula is C28H23ClN2O5S. The maximum absolute atomic E-state index is 13.5. The Balaban J connectivity index is 1.77. The molecule has 1 N–H and O–H groups in total. The van der Waals surface area contributed by atoms with E-state index in [0.29, 0.717) is 22.0 Å². The Hall–Kier alpha value is -3.88. The zero-order valence-corrected chi connectivity index (χ0v) is 22.1. The van der Waals surface area contributed by atoms with Crippen LogP contribution in [0.5, 0.6) is 11.5 Å². The number of aliphatic hydroxyl groups excluding tert-OH is 1. The van der Waals surface area contributed by atoms with Crippen molar-refractivity contribution in [3.05, 3.63) is 87.4 Å². The number of ketones is 1. The average Bonchev–Trinajstić information content (AvgIpc) is 3.40. The van der Waals surface area contributed by atoms with Crippen LogP contribution in [0.1, 0.15) is 28.3 Å². The molecule has 1 amide bonds. The van der Waals surface area contributed by atoms with Crippen molar-refractivity contribution < 1.29 is 24.2 Å². The Morgan fingerprint density at radius 3 is 2.41 bits per heavy atom. The second-order valence-corrected chi connectivity index (χ2v) is 10.2. The molecule has 2 heterocycles. The summed E-state index contributed by atoms with van der Waals surface area (Å²) in [6.07, 6.45) is 0. The van der Waals surface area contributed by atoms with E-state index in [1.165, 1.54) is 23.3 Å². The first kappa shape index (κ1) is 24.8. The number of anilines is 1. The van der Waals surface area contributed by atoms with Gasteiger partial charge >= 0.3 is 5.91 Å². The number of rotatable bonds is 5. The third kappa shape index (κ3) is 4.22. The lowest BCUT2D eigenvalue weighted by atomic mass is 9.94. The lowest BCUT2D eigenvalue weighted by Crippen LogP contribution is -2.29. The van der Waals surface area contributed by atoms with Gasteiger partial charge in [-0.2, -0.15) is 0 Å². The smallest absolute Gasteiger partial charge is 0.301 e. The van der Waals surface area contributed by atoms with Crippen LogP contribution >= 0.6 is 22.9 Å². The van der Waals surface area contributed by atoms with E-state index >= 15 is 0 Å². The minimum atomic E-state index is -0.934. The number of nitrogens with zero attached hydrogens (tertiary/aromatic N) is 2. The van der Waals surface area contributed by atoms with E-state index in [0.717, 1.165) is 15.8 Å². The van der Waals surface area contributed by atoms with Gasteiger partial charge < -0.3 is 14.6 Å². The molecular weight excluding hydrogens is 512 g/mol. The molecule has 1 aromatic heterocycles. The average molecular weight is 535 g/mol. The highest BCUT2D eigenvalue weighted by atomic mass is 35.5. The summed E-state index contributed by atoms with van der Waals surface area (Å²) in [5.74, 6) is -1.16. The van der Waals surface area contributed by atoms with Crippen LogP contribution in [0.2, 0.25) is 5.02 Å². The van der Waals surface area contributed by atoms with Crippen LogP contribution in [-0.2, 0) is 9.59 Å². The molecule has 0 aliphatic carbocycles. The molecule has 0 bridgehead atoms. The second-order valence-electron chi connectivity index (χ2n) is 8.74. The number of carbonyl (C=O) groups excluding carboxylic acids is 2. The summed E-state index contributed by atoms with van der Waals surface area (Å²) in [4.78, 5) is 33.0. The number of hydrogen-bond acceptors (Lipinski definition) is 7. The van der Waals surface area contributed by atoms with Gasteiger partial charge in [0.25, 0.3) is 5.78 Å². The van der Waals surface area contributed by atoms with Gasteiger partial charge in [0.2, 0.25) is 0 Å². The molecule has 1 atom stereocenters.